The minimum atomic E-state index is -4.47. The van der Waals surface area contributed by atoms with E-state index in [2.05, 4.69) is 10.4 Å². The maximum atomic E-state index is 13.1. The van der Waals surface area contributed by atoms with Crippen molar-refractivity contribution in [1.82, 2.24) is 9.78 Å². The van der Waals surface area contributed by atoms with Crippen LogP contribution in [0.4, 0.5) is 24.7 Å². The van der Waals surface area contributed by atoms with Gasteiger partial charge in [0.15, 0.2) is 0 Å². The molecule has 1 aliphatic heterocycles. The van der Waals surface area contributed by atoms with E-state index in [1.807, 2.05) is 0 Å². The summed E-state index contributed by atoms with van der Waals surface area (Å²) in [6.07, 6.45) is -2.14. The quantitative estimate of drug-likeness (QED) is 0.707. The minimum absolute atomic E-state index is 0.0238. The molecule has 6 nitrogen and oxygen atoms in total. The van der Waals surface area contributed by atoms with Gasteiger partial charge < -0.3 is 16.8 Å². The summed E-state index contributed by atoms with van der Waals surface area (Å²) in [5.74, 6) is -0.868. The van der Waals surface area contributed by atoms with Gasteiger partial charge in [0.05, 0.1) is 17.2 Å². The molecule has 0 bridgehead atoms. The summed E-state index contributed by atoms with van der Waals surface area (Å²) in [6.45, 7) is 0.487. The smallest absolute Gasteiger partial charge is 0.385 e. The summed E-state index contributed by atoms with van der Waals surface area (Å²) in [5.41, 5.74) is 13.7. The molecule has 2 heterocycles. The van der Waals surface area contributed by atoms with Gasteiger partial charge in [-0.25, -0.2) is 0 Å². The van der Waals surface area contributed by atoms with Crippen molar-refractivity contribution in [3.63, 3.8) is 0 Å². The Labute approximate surface area is 153 Å². The highest BCUT2D eigenvalue weighted by Crippen LogP contribution is 2.38. The van der Waals surface area contributed by atoms with Gasteiger partial charge in [0.25, 0.3) is 5.91 Å². The van der Waals surface area contributed by atoms with Crippen molar-refractivity contribution in [3.8, 4) is 0 Å². The van der Waals surface area contributed by atoms with Crippen molar-refractivity contribution < 1.29 is 18.0 Å². The van der Waals surface area contributed by atoms with Crippen LogP contribution in [0.2, 0.25) is 0 Å². The number of benzene rings is 1. The Morgan fingerprint density at radius 1 is 1.30 bits per heavy atom. The summed E-state index contributed by atoms with van der Waals surface area (Å²) in [4.78, 5) is 13.1. The van der Waals surface area contributed by atoms with Crippen molar-refractivity contribution in [1.29, 1.82) is 0 Å². The van der Waals surface area contributed by atoms with Crippen LogP contribution in [0.25, 0.3) is 0 Å². The number of nitrogens with zero attached hydrogens (tertiary/aromatic N) is 2. The molecule has 1 unspecified atom stereocenters. The Kier molecular flexibility index (Phi) is 4.14. The number of hydrogen-bond donors (Lipinski definition) is 3. The lowest BCUT2D eigenvalue weighted by Gasteiger charge is -2.26. The first kappa shape index (κ1) is 17.8. The average molecular weight is 379 g/mol. The lowest BCUT2D eigenvalue weighted by atomic mass is 9.89. The maximum absolute atomic E-state index is 13.1. The first-order valence-corrected chi connectivity index (χ1v) is 8.86. The number of nitrogens with one attached hydrogen (secondary N) is 1. The molecular formula is C18H20F3N5O. The second kappa shape index (κ2) is 6.26. The summed E-state index contributed by atoms with van der Waals surface area (Å²) in [5, 5.41) is 7.39. The highest BCUT2D eigenvalue weighted by molar-refractivity contribution is 5.90. The van der Waals surface area contributed by atoms with E-state index >= 15 is 0 Å². The standard InChI is InChI=1S/C18H20F3N5O/c19-18(20,21)9-1-4-14-13(7-9)11(5-6-24-14)17(27)26-16(23)12-3-2-10(22)8-15(12)25-26/h1,4,7,10-11,24H,2-3,5-6,8,22-23H2/t10?,11-/m0/s1. The zero-order valence-electron chi connectivity index (χ0n) is 14.5. The van der Waals surface area contributed by atoms with Crippen LogP contribution in [0, 0.1) is 0 Å². The van der Waals surface area contributed by atoms with Gasteiger partial charge in [0.1, 0.15) is 5.82 Å². The Morgan fingerprint density at radius 3 is 2.81 bits per heavy atom. The highest BCUT2D eigenvalue weighted by atomic mass is 19.4. The molecule has 0 saturated heterocycles. The molecule has 144 valence electrons. The summed E-state index contributed by atoms with van der Waals surface area (Å²) in [6, 6.07) is 3.40. The van der Waals surface area contributed by atoms with Crippen LogP contribution in [0.1, 0.15) is 45.9 Å². The summed E-state index contributed by atoms with van der Waals surface area (Å²) in [7, 11) is 0. The number of alkyl halides is 3. The molecule has 2 aliphatic rings. The molecule has 0 saturated carbocycles. The third-order valence-electron chi connectivity index (χ3n) is 5.34. The van der Waals surface area contributed by atoms with Gasteiger partial charge in [-0.3, -0.25) is 4.79 Å². The van der Waals surface area contributed by atoms with Crippen molar-refractivity contribution in [3.05, 3.63) is 40.6 Å². The van der Waals surface area contributed by atoms with E-state index in [-0.39, 0.29) is 11.9 Å². The molecule has 1 aliphatic carbocycles. The van der Waals surface area contributed by atoms with E-state index in [1.165, 1.54) is 6.07 Å². The molecule has 1 aromatic carbocycles. The molecule has 2 atom stereocenters. The Hall–Kier alpha value is -2.55. The van der Waals surface area contributed by atoms with Crippen LogP contribution in [0.15, 0.2) is 18.2 Å². The van der Waals surface area contributed by atoms with Crippen LogP contribution < -0.4 is 16.8 Å². The number of carbonyl (C=O) groups excluding carboxylic acids is 1. The minimum Gasteiger partial charge on any atom is -0.385 e. The number of nitrogens with two attached hydrogens (primary N) is 2. The van der Waals surface area contributed by atoms with Crippen molar-refractivity contribution in [2.45, 2.75) is 43.8 Å². The molecule has 0 radical (unpaired) electrons. The van der Waals surface area contributed by atoms with Gasteiger partial charge in [-0.2, -0.15) is 23.0 Å². The normalized spacial score (nSPS) is 21.9. The number of hydrogen-bond acceptors (Lipinski definition) is 5. The van der Waals surface area contributed by atoms with Gasteiger partial charge in [-0.1, -0.05) is 0 Å². The molecule has 0 fully saturated rings. The average Bonchev–Trinajstić information content (AvgIpc) is 2.95. The SMILES string of the molecule is Nc1c2c(nn1C(=O)[C@H]1CCNc3ccc(C(F)(F)F)cc31)CC(N)CC2. The van der Waals surface area contributed by atoms with Crippen LogP contribution in [0.5, 0.6) is 0 Å². The van der Waals surface area contributed by atoms with Crippen LogP contribution in [-0.2, 0) is 19.0 Å². The van der Waals surface area contributed by atoms with Gasteiger partial charge in [-0.15, -0.1) is 0 Å². The van der Waals surface area contributed by atoms with Gasteiger partial charge in [0.2, 0.25) is 0 Å². The molecule has 9 heteroatoms. The van der Waals surface area contributed by atoms with Crippen molar-refractivity contribution in [2.75, 3.05) is 17.6 Å². The van der Waals surface area contributed by atoms with Crippen molar-refractivity contribution >= 4 is 17.4 Å². The fourth-order valence-corrected chi connectivity index (χ4v) is 3.89. The molecule has 0 spiro atoms. The Morgan fingerprint density at radius 2 is 2.07 bits per heavy atom. The fourth-order valence-electron chi connectivity index (χ4n) is 3.89. The molecule has 1 aromatic heterocycles. The Balaban J connectivity index is 1.73. The molecule has 27 heavy (non-hydrogen) atoms. The summed E-state index contributed by atoms with van der Waals surface area (Å²) < 4.78 is 40.5. The largest absolute Gasteiger partial charge is 0.416 e. The molecular weight excluding hydrogens is 359 g/mol. The number of aromatic nitrogens is 2. The third kappa shape index (κ3) is 3.05. The molecule has 4 rings (SSSR count). The summed E-state index contributed by atoms with van der Waals surface area (Å²) >= 11 is 0. The van der Waals surface area contributed by atoms with E-state index in [1.54, 1.807) is 0 Å². The van der Waals surface area contributed by atoms with E-state index in [0.29, 0.717) is 42.8 Å². The first-order valence-electron chi connectivity index (χ1n) is 8.86. The second-order valence-corrected chi connectivity index (χ2v) is 7.13. The fraction of sp³-hybridized carbons (Fsp3) is 0.444. The zero-order valence-corrected chi connectivity index (χ0v) is 14.5. The predicted molar refractivity (Wildman–Crippen MR) is 94.6 cm³/mol. The van der Waals surface area contributed by atoms with Gasteiger partial charge in [0, 0.05) is 30.3 Å². The third-order valence-corrected chi connectivity index (χ3v) is 5.34. The van der Waals surface area contributed by atoms with E-state index in [0.717, 1.165) is 28.8 Å². The lowest BCUT2D eigenvalue weighted by Crippen LogP contribution is -2.29. The number of fused-ring (bicyclic) bond motifs is 2. The van der Waals surface area contributed by atoms with E-state index in [4.69, 9.17) is 11.5 Å². The van der Waals surface area contributed by atoms with E-state index in [9.17, 15) is 18.0 Å². The van der Waals surface area contributed by atoms with Crippen LogP contribution in [-0.4, -0.2) is 28.3 Å². The van der Waals surface area contributed by atoms with E-state index < -0.39 is 23.6 Å². The molecule has 2 aromatic rings. The second-order valence-electron chi connectivity index (χ2n) is 7.13. The Bertz CT molecular complexity index is 905. The van der Waals surface area contributed by atoms with Crippen molar-refractivity contribution in [2.24, 2.45) is 5.73 Å². The van der Waals surface area contributed by atoms with Crippen LogP contribution >= 0.6 is 0 Å². The number of rotatable bonds is 1. The maximum Gasteiger partial charge on any atom is 0.416 e. The number of anilines is 2. The van der Waals surface area contributed by atoms with Crippen LogP contribution in [0.3, 0.4) is 0 Å². The number of carbonyl (C=O) groups is 1. The number of nitrogen functional groups attached to an aromatic ring is 1. The predicted octanol–water partition coefficient (Wildman–Crippen LogP) is 2.54. The van der Waals surface area contributed by atoms with Gasteiger partial charge >= 0.3 is 6.18 Å². The molecule has 0 amide bonds. The first-order chi connectivity index (χ1) is 12.8. The van der Waals surface area contributed by atoms with Gasteiger partial charge in [-0.05, 0) is 43.0 Å². The highest BCUT2D eigenvalue weighted by Gasteiger charge is 2.36. The zero-order chi connectivity index (χ0) is 19.3. The molecule has 5 N–H and O–H groups in total. The monoisotopic (exact) mass is 379 g/mol. The number of halogens is 3. The lowest BCUT2D eigenvalue weighted by molar-refractivity contribution is -0.137. The topological polar surface area (TPSA) is 99.0 Å².